The first-order valence-electron chi connectivity index (χ1n) is 6.69. The predicted octanol–water partition coefficient (Wildman–Crippen LogP) is 1.41. The molecule has 0 aromatic heterocycles. The topological polar surface area (TPSA) is 55.6 Å². The molecule has 1 aliphatic heterocycles. The average molecular weight is 282 g/mol. The van der Waals surface area contributed by atoms with Crippen LogP contribution in [0.5, 0.6) is 0 Å². The molecule has 0 saturated carbocycles. The van der Waals surface area contributed by atoms with Gasteiger partial charge in [0.2, 0.25) is 0 Å². The fourth-order valence-electron chi connectivity index (χ4n) is 2.28. The van der Waals surface area contributed by atoms with Crippen molar-refractivity contribution in [2.24, 2.45) is 0 Å². The maximum atomic E-state index is 12.4. The Balaban J connectivity index is 2.02. The van der Waals surface area contributed by atoms with Gasteiger partial charge in [0, 0.05) is 13.1 Å². The van der Waals surface area contributed by atoms with Crippen molar-refractivity contribution in [2.45, 2.75) is 24.8 Å². The molecule has 1 saturated heterocycles. The third-order valence-electron chi connectivity index (χ3n) is 3.54. The first-order chi connectivity index (χ1) is 9.11. The molecule has 1 aliphatic rings. The first-order valence-corrected chi connectivity index (χ1v) is 8.01. The second-order valence-electron chi connectivity index (χ2n) is 4.88. The summed E-state index contributed by atoms with van der Waals surface area (Å²) in [5, 5.41) is 0. The SMILES string of the molecule is CCN1CCOC(CS(=O)c2cccc(C)c2N)C1. The number of morpholine rings is 1. The van der Waals surface area contributed by atoms with Crippen molar-refractivity contribution in [1.82, 2.24) is 4.90 Å². The van der Waals surface area contributed by atoms with E-state index >= 15 is 0 Å². The van der Waals surface area contributed by atoms with Crippen molar-refractivity contribution in [3.05, 3.63) is 23.8 Å². The Morgan fingerprint density at radius 3 is 3.05 bits per heavy atom. The predicted molar refractivity (Wildman–Crippen MR) is 78.7 cm³/mol. The summed E-state index contributed by atoms with van der Waals surface area (Å²) < 4.78 is 18.1. The van der Waals surface area contributed by atoms with E-state index in [1.165, 1.54) is 0 Å². The van der Waals surface area contributed by atoms with E-state index in [1.807, 2.05) is 25.1 Å². The lowest BCUT2D eigenvalue weighted by atomic mass is 10.2. The van der Waals surface area contributed by atoms with Crippen LogP contribution < -0.4 is 5.73 Å². The minimum atomic E-state index is -1.10. The van der Waals surface area contributed by atoms with E-state index in [9.17, 15) is 4.21 Å². The van der Waals surface area contributed by atoms with Gasteiger partial charge in [-0.2, -0.15) is 0 Å². The summed E-state index contributed by atoms with van der Waals surface area (Å²) in [6, 6.07) is 5.68. The van der Waals surface area contributed by atoms with E-state index in [-0.39, 0.29) is 6.10 Å². The Morgan fingerprint density at radius 2 is 2.32 bits per heavy atom. The number of anilines is 1. The highest BCUT2D eigenvalue weighted by Gasteiger charge is 2.22. The van der Waals surface area contributed by atoms with Gasteiger partial charge in [-0.3, -0.25) is 9.11 Å². The van der Waals surface area contributed by atoms with Gasteiger partial charge in [0.25, 0.3) is 0 Å². The van der Waals surface area contributed by atoms with Crippen LogP contribution in [0.1, 0.15) is 12.5 Å². The molecule has 1 aromatic carbocycles. The van der Waals surface area contributed by atoms with Crippen LogP contribution in [0, 0.1) is 6.92 Å². The zero-order chi connectivity index (χ0) is 13.8. The molecule has 0 radical (unpaired) electrons. The van der Waals surface area contributed by atoms with Gasteiger partial charge in [-0.05, 0) is 25.1 Å². The third-order valence-corrected chi connectivity index (χ3v) is 5.06. The molecule has 0 spiro atoms. The lowest BCUT2D eigenvalue weighted by Crippen LogP contribution is -2.44. The normalized spacial score (nSPS) is 22.3. The summed E-state index contributed by atoms with van der Waals surface area (Å²) in [6.45, 7) is 7.63. The third kappa shape index (κ3) is 3.55. The number of nitrogens with two attached hydrogens (primary N) is 1. The fourth-order valence-corrected chi connectivity index (χ4v) is 3.63. The molecule has 2 N–H and O–H groups in total. The number of aryl methyl sites for hydroxylation is 1. The molecule has 2 atom stereocenters. The van der Waals surface area contributed by atoms with Crippen LogP contribution in [-0.2, 0) is 15.5 Å². The quantitative estimate of drug-likeness (QED) is 0.848. The Labute approximate surface area is 117 Å². The number of rotatable bonds is 4. The number of nitrogens with zero attached hydrogens (tertiary/aromatic N) is 1. The second kappa shape index (κ2) is 6.50. The van der Waals surface area contributed by atoms with E-state index in [4.69, 9.17) is 10.5 Å². The highest BCUT2D eigenvalue weighted by atomic mass is 32.2. The van der Waals surface area contributed by atoms with Crippen molar-refractivity contribution in [3.8, 4) is 0 Å². The van der Waals surface area contributed by atoms with E-state index in [2.05, 4.69) is 11.8 Å². The number of benzene rings is 1. The summed E-state index contributed by atoms with van der Waals surface area (Å²) >= 11 is 0. The van der Waals surface area contributed by atoms with Crippen LogP contribution in [0.2, 0.25) is 0 Å². The number of hydrogen-bond acceptors (Lipinski definition) is 4. The van der Waals surface area contributed by atoms with E-state index < -0.39 is 10.8 Å². The maximum Gasteiger partial charge on any atom is 0.0821 e. The molecule has 0 amide bonds. The van der Waals surface area contributed by atoms with Gasteiger partial charge in [0.1, 0.15) is 0 Å². The van der Waals surface area contributed by atoms with Crippen molar-refractivity contribution in [2.75, 3.05) is 37.7 Å². The van der Waals surface area contributed by atoms with Gasteiger partial charge in [0.15, 0.2) is 0 Å². The maximum absolute atomic E-state index is 12.4. The Bertz CT molecular complexity index is 465. The summed E-state index contributed by atoms with van der Waals surface area (Å²) in [5.41, 5.74) is 7.62. The number of likely N-dealkylation sites (N-methyl/N-ethyl adjacent to an activating group) is 1. The molecular formula is C14H22N2O2S. The van der Waals surface area contributed by atoms with Crippen LogP contribution in [-0.4, -0.2) is 47.2 Å². The number of para-hydroxylation sites is 1. The largest absolute Gasteiger partial charge is 0.398 e. The Hall–Kier alpha value is -0.910. The van der Waals surface area contributed by atoms with Crippen LogP contribution in [0.3, 0.4) is 0 Å². The molecule has 5 heteroatoms. The van der Waals surface area contributed by atoms with Gasteiger partial charge in [-0.1, -0.05) is 19.1 Å². The molecule has 4 nitrogen and oxygen atoms in total. The molecule has 106 valence electrons. The summed E-state index contributed by atoms with van der Waals surface area (Å²) in [5.74, 6) is 0.518. The lowest BCUT2D eigenvalue weighted by molar-refractivity contribution is -0.0141. The molecule has 1 aromatic rings. The highest BCUT2D eigenvalue weighted by Crippen LogP contribution is 2.21. The minimum absolute atomic E-state index is 0.0365. The molecular weight excluding hydrogens is 260 g/mol. The summed E-state index contributed by atoms with van der Waals surface area (Å²) in [7, 11) is -1.10. The molecule has 19 heavy (non-hydrogen) atoms. The minimum Gasteiger partial charge on any atom is -0.398 e. The molecule has 0 aliphatic carbocycles. The van der Waals surface area contributed by atoms with Crippen LogP contribution in [0.4, 0.5) is 5.69 Å². The molecule has 0 bridgehead atoms. The van der Waals surface area contributed by atoms with Gasteiger partial charge >= 0.3 is 0 Å². The van der Waals surface area contributed by atoms with Gasteiger partial charge in [-0.15, -0.1) is 0 Å². The standard InChI is InChI=1S/C14H22N2O2S/c1-3-16-7-8-18-12(9-16)10-19(17)13-6-4-5-11(2)14(13)15/h4-6,12H,3,7-10,15H2,1-2H3. The zero-order valence-corrected chi connectivity index (χ0v) is 12.4. The summed E-state index contributed by atoms with van der Waals surface area (Å²) in [6.07, 6.45) is 0.0365. The van der Waals surface area contributed by atoms with Crippen LogP contribution >= 0.6 is 0 Å². The van der Waals surface area contributed by atoms with Crippen molar-refractivity contribution in [1.29, 1.82) is 0 Å². The molecule has 2 rings (SSSR count). The molecule has 2 unspecified atom stereocenters. The highest BCUT2D eigenvalue weighted by molar-refractivity contribution is 7.85. The average Bonchev–Trinajstić information content (AvgIpc) is 2.42. The van der Waals surface area contributed by atoms with E-state index in [1.54, 1.807) is 0 Å². The van der Waals surface area contributed by atoms with Crippen LogP contribution in [0.15, 0.2) is 23.1 Å². The smallest absolute Gasteiger partial charge is 0.0821 e. The van der Waals surface area contributed by atoms with Gasteiger partial charge in [0.05, 0.1) is 39.8 Å². The van der Waals surface area contributed by atoms with Crippen molar-refractivity contribution >= 4 is 16.5 Å². The Morgan fingerprint density at radius 1 is 1.53 bits per heavy atom. The zero-order valence-electron chi connectivity index (χ0n) is 11.6. The monoisotopic (exact) mass is 282 g/mol. The van der Waals surface area contributed by atoms with Gasteiger partial charge in [-0.25, -0.2) is 0 Å². The van der Waals surface area contributed by atoms with Crippen molar-refractivity contribution < 1.29 is 8.95 Å². The second-order valence-corrected chi connectivity index (χ2v) is 6.35. The number of hydrogen-bond donors (Lipinski definition) is 1. The molecule has 1 fully saturated rings. The number of nitrogen functional groups attached to an aromatic ring is 1. The number of ether oxygens (including phenoxy) is 1. The fraction of sp³-hybridized carbons (Fsp3) is 0.571. The first kappa shape index (κ1) is 14.5. The summed E-state index contributed by atoms with van der Waals surface area (Å²) in [4.78, 5) is 3.06. The van der Waals surface area contributed by atoms with Crippen molar-refractivity contribution in [3.63, 3.8) is 0 Å². The molecule has 1 heterocycles. The lowest BCUT2D eigenvalue weighted by Gasteiger charge is -2.31. The van der Waals surface area contributed by atoms with E-state index in [0.717, 1.165) is 36.7 Å². The van der Waals surface area contributed by atoms with E-state index in [0.29, 0.717) is 11.4 Å². The Kier molecular flexibility index (Phi) is 4.96. The van der Waals surface area contributed by atoms with Crippen LogP contribution in [0.25, 0.3) is 0 Å². The van der Waals surface area contributed by atoms with Gasteiger partial charge < -0.3 is 10.5 Å².